The van der Waals surface area contributed by atoms with Gasteiger partial charge in [0, 0.05) is 0 Å². The zero-order valence-corrected chi connectivity index (χ0v) is 4.98. The third kappa shape index (κ3) is 0.827. The normalized spacial score (nSPS) is 9.62. The molecule has 1 rings (SSSR count). The van der Waals surface area contributed by atoms with Crippen molar-refractivity contribution in [2.75, 3.05) is 0 Å². The average Bonchev–Trinajstić information content (AvgIpc) is 2.14. The number of aromatic hydroxyl groups is 1. The van der Waals surface area contributed by atoms with Gasteiger partial charge in [-0.25, -0.2) is 0 Å². The van der Waals surface area contributed by atoms with Crippen LogP contribution in [0.2, 0.25) is 0 Å². The second-order valence-electron chi connectivity index (χ2n) is 1.39. The minimum Gasteiger partial charge on any atom is -0.507 e. The van der Waals surface area contributed by atoms with E-state index in [1.165, 1.54) is 11.3 Å². The molecule has 2 nitrogen and oxygen atoms in total. The molecule has 2 N–H and O–H groups in total. The summed E-state index contributed by atoms with van der Waals surface area (Å²) in [7, 11) is 0. The summed E-state index contributed by atoms with van der Waals surface area (Å²) in [6, 6.07) is 1.57. The fourth-order valence-corrected chi connectivity index (χ4v) is 1.08. The molecule has 0 saturated carbocycles. The molecule has 0 bridgehead atoms. The summed E-state index contributed by atoms with van der Waals surface area (Å²) >= 11 is 1.35. The Labute approximate surface area is 51.0 Å². The lowest BCUT2D eigenvalue weighted by Crippen LogP contribution is -1.72. The maximum absolute atomic E-state index is 8.80. The lowest BCUT2D eigenvalue weighted by molar-refractivity contribution is 0.280. The van der Waals surface area contributed by atoms with Crippen molar-refractivity contribution in [2.45, 2.75) is 6.61 Å². The lowest BCUT2D eigenvalue weighted by atomic mass is 10.4. The molecule has 0 spiro atoms. The number of aliphatic hydroxyl groups is 1. The topological polar surface area (TPSA) is 40.5 Å². The second-order valence-corrected chi connectivity index (χ2v) is 2.39. The zero-order chi connectivity index (χ0) is 5.98. The Morgan fingerprint density at radius 1 is 1.62 bits per heavy atom. The van der Waals surface area contributed by atoms with Gasteiger partial charge in [-0.1, -0.05) is 0 Å². The Morgan fingerprint density at radius 3 is 2.62 bits per heavy atom. The van der Waals surface area contributed by atoms with E-state index >= 15 is 0 Å². The molecular formula is C5H6O2S. The molecule has 0 aliphatic carbocycles. The highest BCUT2D eigenvalue weighted by atomic mass is 32.1. The molecule has 0 aromatic carbocycles. The molecule has 0 atom stereocenters. The zero-order valence-electron chi connectivity index (χ0n) is 4.16. The molecule has 0 fully saturated rings. The van der Waals surface area contributed by atoms with E-state index in [2.05, 4.69) is 0 Å². The molecule has 1 aromatic rings. The van der Waals surface area contributed by atoms with Crippen LogP contribution in [0.25, 0.3) is 0 Å². The number of hydrogen-bond acceptors (Lipinski definition) is 3. The highest BCUT2D eigenvalue weighted by Gasteiger charge is 1.96. The molecule has 44 valence electrons. The predicted octanol–water partition coefficient (Wildman–Crippen LogP) is 0.946. The molecule has 1 aromatic heterocycles. The highest BCUT2D eigenvalue weighted by molar-refractivity contribution is 7.10. The molecule has 0 saturated heterocycles. The summed E-state index contributed by atoms with van der Waals surface area (Å²) < 4.78 is 0. The molecule has 0 aliphatic heterocycles. The van der Waals surface area contributed by atoms with Crippen LogP contribution >= 0.6 is 11.3 Å². The van der Waals surface area contributed by atoms with Gasteiger partial charge in [0.25, 0.3) is 0 Å². The summed E-state index contributed by atoms with van der Waals surface area (Å²) in [5.74, 6) is 0.192. The van der Waals surface area contributed by atoms with Crippen LogP contribution in [0, 0.1) is 0 Å². The fourth-order valence-electron chi connectivity index (χ4n) is 0.452. The van der Waals surface area contributed by atoms with E-state index in [4.69, 9.17) is 10.2 Å². The monoisotopic (exact) mass is 130 g/mol. The Bertz CT molecular complexity index is 171. The third-order valence-corrected chi connectivity index (χ3v) is 1.76. The highest BCUT2D eigenvalue weighted by Crippen LogP contribution is 2.21. The van der Waals surface area contributed by atoms with Gasteiger partial charge < -0.3 is 10.2 Å². The van der Waals surface area contributed by atoms with Crippen molar-refractivity contribution in [3.05, 3.63) is 16.3 Å². The summed E-state index contributed by atoms with van der Waals surface area (Å²) in [5.41, 5.74) is 0. The quantitative estimate of drug-likeness (QED) is 0.594. The fraction of sp³-hybridized carbons (Fsp3) is 0.200. The van der Waals surface area contributed by atoms with Crippen LogP contribution < -0.4 is 0 Å². The van der Waals surface area contributed by atoms with Crippen LogP contribution in [0.3, 0.4) is 0 Å². The average molecular weight is 130 g/mol. The van der Waals surface area contributed by atoms with E-state index in [9.17, 15) is 0 Å². The summed E-state index contributed by atoms with van der Waals surface area (Å²) in [6.45, 7) is -0.0660. The van der Waals surface area contributed by atoms with Crippen molar-refractivity contribution < 1.29 is 10.2 Å². The number of hydrogen-bond donors (Lipinski definition) is 2. The maximum Gasteiger partial charge on any atom is 0.131 e. The van der Waals surface area contributed by atoms with Crippen molar-refractivity contribution in [1.82, 2.24) is 0 Å². The van der Waals surface area contributed by atoms with Gasteiger partial charge in [0.05, 0.1) is 11.5 Å². The second kappa shape index (κ2) is 2.15. The predicted molar refractivity (Wildman–Crippen MR) is 31.9 cm³/mol. The van der Waals surface area contributed by atoms with Crippen molar-refractivity contribution in [3.63, 3.8) is 0 Å². The van der Waals surface area contributed by atoms with Crippen LogP contribution in [0.4, 0.5) is 0 Å². The van der Waals surface area contributed by atoms with Crippen LogP contribution in [-0.4, -0.2) is 10.2 Å². The summed E-state index contributed by atoms with van der Waals surface area (Å²) in [5, 5.41) is 19.0. The maximum atomic E-state index is 8.80. The first kappa shape index (κ1) is 5.59. The van der Waals surface area contributed by atoms with Crippen molar-refractivity contribution in [3.8, 4) is 5.75 Å². The van der Waals surface area contributed by atoms with Gasteiger partial charge in [-0.05, 0) is 11.4 Å². The minimum absolute atomic E-state index is 0.0660. The molecular weight excluding hydrogens is 124 g/mol. The third-order valence-electron chi connectivity index (χ3n) is 0.866. The Balaban J connectivity index is 2.92. The van der Waals surface area contributed by atoms with Gasteiger partial charge in [-0.15, -0.1) is 11.3 Å². The van der Waals surface area contributed by atoms with Gasteiger partial charge in [0.2, 0.25) is 0 Å². The molecule has 0 unspecified atom stereocenters. The number of aliphatic hydroxyl groups excluding tert-OH is 1. The molecule has 0 aliphatic rings. The standard InChI is InChI=1S/C5H6O2S/c6-3-5-4(7)1-2-8-5/h1-2,6-7H,3H2. The van der Waals surface area contributed by atoms with Crippen molar-refractivity contribution >= 4 is 11.3 Å². The molecule has 8 heavy (non-hydrogen) atoms. The summed E-state index contributed by atoms with van der Waals surface area (Å²) in [6.07, 6.45) is 0. The van der Waals surface area contributed by atoms with Crippen LogP contribution in [0.15, 0.2) is 11.4 Å². The van der Waals surface area contributed by atoms with Gasteiger partial charge in [0.1, 0.15) is 5.75 Å². The molecule has 1 heterocycles. The van der Waals surface area contributed by atoms with Crippen molar-refractivity contribution in [1.29, 1.82) is 0 Å². The number of thiophene rings is 1. The lowest BCUT2D eigenvalue weighted by Gasteiger charge is -1.86. The van der Waals surface area contributed by atoms with Crippen molar-refractivity contribution in [2.24, 2.45) is 0 Å². The van der Waals surface area contributed by atoms with Gasteiger partial charge in [0.15, 0.2) is 0 Å². The molecule has 0 radical (unpaired) electrons. The van der Waals surface area contributed by atoms with Gasteiger partial charge in [-0.3, -0.25) is 0 Å². The van der Waals surface area contributed by atoms with Gasteiger partial charge in [-0.2, -0.15) is 0 Å². The van der Waals surface area contributed by atoms with Crippen LogP contribution in [-0.2, 0) is 6.61 Å². The van der Waals surface area contributed by atoms with E-state index in [-0.39, 0.29) is 12.4 Å². The SMILES string of the molecule is OCc1sccc1O. The molecule has 0 amide bonds. The largest absolute Gasteiger partial charge is 0.507 e. The van der Waals surface area contributed by atoms with E-state index in [1.54, 1.807) is 11.4 Å². The van der Waals surface area contributed by atoms with Crippen LogP contribution in [0.5, 0.6) is 5.75 Å². The van der Waals surface area contributed by atoms with Crippen LogP contribution in [0.1, 0.15) is 4.88 Å². The van der Waals surface area contributed by atoms with E-state index in [1.807, 2.05) is 0 Å². The number of rotatable bonds is 1. The first-order chi connectivity index (χ1) is 3.84. The first-order valence-corrected chi connectivity index (χ1v) is 3.08. The Morgan fingerprint density at radius 2 is 2.38 bits per heavy atom. The minimum atomic E-state index is -0.0660. The first-order valence-electron chi connectivity index (χ1n) is 2.21. The van der Waals surface area contributed by atoms with Gasteiger partial charge >= 0.3 is 0 Å². The Kier molecular flexibility index (Phi) is 1.50. The van der Waals surface area contributed by atoms with E-state index in [0.717, 1.165) is 0 Å². The van der Waals surface area contributed by atoms with E-state index < -0.39 is 0 Å². The summed E-state index contributed by atoms with van der Waals surface area (Å²) in [4.78, 5) is 0.630. The van der Waals surface area contributed by atoms with E-state index in [0.29, 0.717) is 4.88 Å². The smallest absolute Gasteiger partial charge is 0.131 e. The Hall–Kier alpha value is -0.540. The molecule has 3 heteroatoms.